The zero-order valence-electron chi connectivity index (χ0n) is 13.6. The standard InChI is InChI=1S/C18H18BN3O2S/c20-8-13-14(21)5-6-15-17(13)11-3-1-2-4-12(11)18(22-15)16-7-10(9-25-16)19(23)24/h5-9,20,23-24H,1-4,21H2. The lowest BCUT2D eigenvalue weighted by Crippen LogP contribution is -2.27. The third-order valence-corrected chi connectivity index (χ3v) is 5.80. The predicted molar refractivity (Wildman–Crippen MR) is 104 cm³/mol. The van der Waals surface area contributed by atoms with Crippen LogP contribution in [0.2, 0.25) is 0 Å². The summed E-state index contributed by atoms with van der Waals surface area (Å²) in [6.45, 7) is 0. The number of hydrogen-bond acceptors (Lipinski definition) is 6. The summed E-state index contributed by atoms with van der Waals surface area (Å²) in [7, 11) is -1.47. The minimum Gasteiger partial charge on any atom is -0.423 e. The van der Waals surface area contributed by atoms with E-state index in [2.05, 4.69) is 0 Å². The van der Waals surface area contributed by atoms with Crippen molar-refractivity contribution in [2.45, 2.75) is 25.7 Å². The molecule has 0 saturated carbocycles. The number of nitrogens with two attached hydrogens (primary N) is 1. The number of aromatic nitrogens is 1. The molecule has 0 radical (unpaired) electrons. The molecule has 1 aliphatic rings. The minimum absolute atomic E-state index is 0.490. The topological polar surface area (TPSA) is 103 Å². The molecule has 5 nitrogen and oxygen atoms in total. The number of thiophene rings is 1. The van der Waals surface area contributed by atoms with Gasteiger partial charge in [0.1, 0.15) is 0 Å². The fourth-order valence-corrected chi connectivity index (χ4v) is 4.57. The van der Waals surface area contributed by atoms with Crippen molar-refractivity contribution < 1.29 is 10.0 Å². The summed E-state index contributed by atoms with van der Waals surface area (Å²) < 4.78 is 0. The monoisotopic (exact) mass is 351 g/mol. The van der Waals surface area contributed by atoms with Crippen LogP contribution in [0.1, 0.15) is 29.5 Å². The van der Waals surface area contributed by atoms with Crippen LogP contribution in [0, 0.1) is 5.41 Å². The van der Waals surface area contributed by atoms with Gasteiger partial charge in [0, 0.05) is 22.9 Å². The third-order valence-electron chi connectivity index (χ3n) is 4.84. The first-order chi connectivity index (χ1) is 12.1. The molecule has 7 heteroatoms. The molecule has 0 spiro atoms. The molecule has 0 atom stereocenters. The SMILES string of the molecule is N=Cc1c(N)ccc2nc(-c3cc(B(O)O)cs3)c3c(c12)CCCC3. The zero-order valence-corrected chi connectivity index (χ0v) is 14.4. The Morgan fingerprint density at radius 3 is 2.64 bits per heavy atom. The van der Waals surface area contributed by atoms with Crippen molar-refractivity contribution in [2.75, 3.05) is 5.73 Å². The summed E-state index contributed by atoms with van der Waals surface area (Å²) in [5, 5.41) is 29.3. The van der Waals surface area contributed by atoms with Crippen LogP contribution >= 0.6 is 11.3 Å². The Kier molecular flexibility index (Phi) is 4.07. The van der Waals surface area contributed by atoms with Crippen molar-refractivity contribution in [3.63, 3.8) is 0 Å². The molecule has 126 valence electrons. The molecular weight excluding hydrogens is 333 g/mol. The van der Waals surface area contributed by atoms with E-state index in [9.17, 15) is 10.0 Å². The second-order valence-electron chi connectivity index (χ2n) is 6.35. The van der Waals surface area contributed by atoms with Crippen LogP contribution in [0.15, 0.2) is 23.6 Å². The van der Waals surface area contributed by atoms with Gasteiger partial charge in [-0.3, -0.25) is 0 Å². The van der Waals surface area contributed by atoms with E-state index >= 15 is 0 Å². The molecule has 5 N–H and O–H groups in total. The summed E-state index contributed by atoms with van der Waals surface area (Å²) in [4.78, 5) is 5.81. The Labute approximate surface area is 149 Å². The van der Waals surface area contributed by atoms with Crippen LogP contribution in [0.4, 0.5) is 5.69 Å². The minimum atomic E-state index is -1.47. The Morgan fingerprint density at radius 2 is 1.96 bits per heavy atom. The first-order valence-corrected chi connectivity index (χ1v) is 9.17. The molecule has 0 fully saturated rings. The molecule has 25 heavy (non-hydrogen) atoms. The number of fused-ring (bicyclic) bond motifs is 3. The van der Waals surface area contributed by atoms with Gasteiger partial charge in [0.15, 0.2) is 0 Å². The number of benzene rings is 1. The second-order valence-corrected chi connectivity index (χ2v) is 7.26. The van der Waals surface area contributed by atoms with Gasteiger partial charge < -0.3 is 21.2 Å². The smallest absolute Gasteiger partial charge is 0.423 e. The van der Waals surface area contributed by atoms with Crippen LogP contribution in [0.3, 0.4) is 0 Å². The number of pyridine rings is 1. The van der Waals surface area contributed by atoms with E-state index in [1.165, 1.54) is 28.7 Å². The maximum atomic E-state index is 9.40. The number of nitrogens with one attached hydrogen (secondary N) is 1. The third kappa shape index (κ3) is 2.64. The van der Waals surface area contributed by atoms with Crippen LogP contribution in [-0.4, -0.2) is 28.4 Å². The predicted octanol–water partition coefficient (Wildman–Crippen LogP) is 2.10. The molecule has 0 amide bonds. The summed E-state index contributed by atoms with van der Waals surface area (Å²) in [6, 6.07) is 5.50. The fraction of sp³-hybridized carbons (Fsp3) is 0.222. The van der Waals surface area contributed by atoms with Gasteiger partial charge >= 0.3 is 7.12 Å². The quantitative estimate of drug-likeness (QED) is 0.330. The lowest BCUT2D eigenvalue weighted by molar-refractivity contribution is 0.426. The van der Waals surface area contributed by atoms with Crippen molar-refractivity contribution in [1.82, 2.24) is 4.98 Å². The first-order valence-electron chi connectivity index (χ1n) is 8.29. The number of aryl methyl sites for hydroxylation is 1. The first kappa shape index (κ1) is 16.3. The largest absolute Gasteiger partial charge is 0.489 e. The number of anilines is 1. The lowest BCUT2D eigenvalue weighted by Gasteiger charge is -2.22. The van der Waals surface area contributed by atoms with Crippen molar-refractivity contribution in [3.05, 3.63) is 40.3 Å². The molecule has 1 aromatic carbocycles. The zero-order chi connectivity index (χ0) is 17.6. The van der Waals surface area contributed by atoms with Crippen molar-refractivity contribution >= 4 is 46.7 Å². The maximum Gasteiger partial charge on any atom is 0.489 e. The highest BCUT2D eigenvalue weighted by Gasteiger charge is 2.23. The van der Waals surface area contributed by atoms with E-state index in [4.69, 9.17) is 16.1 Å². The van der Waals surface area contributed by atoms with Crippen molar-refractivity contribution in [3.8, 4) is 10.6 Å². The second kappa shape index (κ2) is 6.26. The van der Waals surface area contributed by atoms with E-state index in [0.29, 0.717) is 11.2 Å². The molecule has 3 aromatic rings. The van der Waals surface area contributed by atoms with Gasteiger partial charge in [0.25, 0.3) is 0 Å². The van der Waals surface area contributed by atoms with Crippen LogP contribution in [0.25, 0.3) is 21.5 Å². The van der Waals surface area contributed by atoms with Gasteiger partial charge in [-0.1, -0.05) is 0 Å². The van der Waals surface area contributed by atoms with Gasteiger partial charge in [-0.05, 0) is 65.9 Å². The fourth-order valence-electron chi connectivity index (χ4n) is 3.63. The molecule has 0 aliphatic heterocycles. The van der Waals surface area contributed by atoms with E-state index in [1.807, 2.05) is 6.07 Å². The van der Waals surface area contributed by atoms with Crippen LogP contribution < -0.4 is 11.2 Å². The normalized spacial score (nSPS) is 13.7. The van der Waals surface area contributed by atoms with Gasteiger partial charge in [-0.15, -0.1) is 11.3 Å². The highest BCUT2D eigenvalue weighted by molar-refractivity contribution is 7.14. The maximum absolute atomic E-state index is 9.40. The van der Waals surface area contributed by atoms with Gasteiger partial charge in [-0.2, -0.15) is 0 Å². The highest BCUT2D eigenvalue weighted by Crippen LogP contribution is 2.38. The average Bonchev–Trinajstić information content (AvgIpc) is 3.11. The summed E-state index contributed by atoms with van der Waals surface area (Å²) >= 11 is 1.47. The van der Waals surface area contributed by atoms with E-state index in [1.54, 1.807) is 17.5 Å². The molecule has 0 saturated heterocycles. The summed E-state index contributed by atoms with van der Waals surface area (Å²) in [5.74, 6) is 0. The van der Waals surface area contributed by atoms with Gasteiger partial charge in [0.05, 0.1) is 16.1 Å². The Morgan fingerprint density at radius 1 is 1.20 bits per heavy atom. The van der Waals surface area contributed by atoms with Crippen LogP contribution in [-0.2, 0) is 12.8 Å². The van der Waals surface area contributed by atoms with E-state index < -0.39 is 7.12 Å². The number of rotatable bonds is 3. The van der Waals surface area contributed by atoms with E-state index in [0.717, 1.165) is 52.7 Å². The molecule has 0 bridgehead atoms. The Balaban J connectivity index is 2.03. The summed E-state index contributed by atoms with van der Waals surface area (Å²) in [5.41, 5.74) is 12.1. The molecule has 2 aromatic heterocycles. The number of nitrogen functional groups attached to an aromatic ring is 1. The summed E-state index contributed by atoms with van der Waals surface area (Å²) in [6.07, 6.45) is 5.43. The van der Waals surface area contributed by atoms with Crippen molar-refractivity contribution in [2.24, 2.45) is 0 Å². The molecular formula is C18H18BN3O2S. The van der Waals surface area contributed by atoms with Crippen molar-refractivity contribution in [1.29, 1.82) is 5.41 Å². The molecule has 4 rings (SSSR count). The van der Waals surface area contributed by atoms with E-state index in [-0.39, 0.29) is 0 Å². The average molecular weight is 351 g/mol. The number of nitrogens with zero attached hydrogens (tertiary/aromatic N) is 1. The molecule has 1 aliphatic carbocycles. The highest BCUT2D eigenvalue weighted by atomic mass is 32.1. The number of hydrogen-bond donors (Lipinski definition) is 4. The Bertz CT molecular complexity index is 984. The van der Waals surface area contributed by atoms with Crippen LogP contribution in [0.5, 0.6) is 0 Å². The van der Waals surface area contributed by atoms with Gasteiger partial charge in [-0.25, -0.2) is 4.98 Å². The lowest BCUT2D eigenvalue weighted by atomic mass is 9.82. The van der Waals surface area contributed by atoms with Gasteiger partial charge in [0.2, 0.25) is 0 Å². The molecule has 2 heterocycles. The Hall–Kier alpha value is -2.22. The molecule has 0 unspecified atom stereocenters.